The zero-order chi connectivity index (χ0) is 5.86. The van der Waals surface area contributed by atoms with Crippen molar-refractivity contribution in [3.63, 3.8) is 0 Å². The maximum absolute atomic E-state index is 9.62. The molecule has 0 saturated heterocycles. The number of hydrogen-bond acceptors (Lipinski definition) is 3. The first-order chi connectivity index (χ1) is 3.18. The Balaban J connectivity index is 3.33. The molecule has 0 bridgehead atoms. The van der Waals surface area contributed by atoms with Crippen LogP contribution < -0.4 is 0 Å². The number of hydrogen-bond donors (Lipinski definition) is 1. The summed E-state index contributed by atoms with van der Waals surface area (Å²) >= 11 is 0. The van der Waals surface area contributed by atoms with Crippen molar-refractivity contribution in [1.29, 1.82) is 0 Å². The molecule has 6 heteroatoms. The van der Waals surface area contributed by atoms with Gasteiger partial charge in [0.2, 0.25) is 0 Å². The average molecular weight is 94.5 g/mol. The molecule has 0 saturated carbocycles. The average Bonchev–Trinajstić information content (AvgIpc) is 1.65. The van der Waals surface area contributed by atoms with Gasteiger partial charge in [0.05, 0.1) is 0 Å². The molecule has 0 aromatic heterocycles. The van der Waals surface area contributed by atoms with Gasteiger partial charge in [-0.25, -0.2) is 0 Å². The first kappa shape index (κ1) is 6.91. The van der Waals surface area contributed by atoms with E-state index in [0.29, 0.717) is 12.0 Å². The van der Waals surface area contributed by atoms with Crippen molar-refractivity contribution >= 4 is 21.4 Å². The van der Waals surface area contributed by atoms with E-state index >= 15 is 0 Å². The summed E-state index contributed by atoms with van der Waals surface area (Å²) in [6.07, 6.45) is 0. The Morgan fingerprint density at radius 2 is 2.43 bits per heavy atom. The Morgan fingerprint density at radius 3 is 2.43 bits per heavy atom. The fraction of sp³-hybridized carbons (Fsp3) is 1.00. The summed E-state index contributed by atoms with van der Waals surface area (Å²) in [4.78, 5) is 0.632. The summed E-state index contributed by atoms with van der Waals surface area (Å²) < 4.78 is 9.62. The predicted octanol–water partition coefficient (Wildman–Crippen LogP) is -1.49. The summed E-state index contributed by atoms with van der Waals surface area (Å²) in [6, 6.07) is 0. The van der Waals surface area contributed by atoms with E-state index in [1.54, 1.807) is 0 Å². The standard InChI is InChI=1S/CH4B3NO2/c1-5(7)4(2)3-6/h7H,1H3. The molecule has 0 aromatic rings. The zero-order valence-electron chi connectivity index (χ0n) is 4.03. The van der Waals surface area contributed by atoms with Crippen molar-refractivity contribution in [1.82, 2.24) is 4.97 Å². The summed E-state index contributed by atoms with van der Waals surface area (Å²) in [5.41, 5.74) is 0. The fourth-order valence-corrected chi connectivity index (χ4v) is 0.0881. The maximum atomic E-state index is 9.62. The Labute approximate surface area is 44.4 Å². The summed E-state index contributed by atoms with van der Waals surface area (Å²) in [5, 5.41) is 8.30. The van der Waals surface area contributed by atoms with Crippen molar-refractivity contribution < 1.29 is 9.91 Å². The van der Waals surface area contributed by atoms with Crippen LogP contribution in [-0.2, 0) is 4.70 Å². The van der Waals surface area contributed by atoms with Gasteiger partial charge in [-0.15, -0.1) is 0 Å². The van der Waals surface area contributed by atoms with E-state index in [4.69, 9.17) is 12.9 Å². The van der Waals surface area contributed by atoms with Crippen LogP contribution >= 0.6 is 0 Å². The molecule has 0 rings (SSSR count). The van der Waals surface area contributed by atoms with Gasteiger partial charge in [-0.2, -0.15) is 0 Å². The van der Waals surface area contributed by atoms with E-state index in [1.807, 2.05) is 0 Å². The molecular weight excluding hydrogens is 90.5 g/mol. The zero-order valence-corrected chi connectivity index (χ0v) is 4.03. The first-order valence-corrected chi connectivity index (χ1v) is 1.81. The summed E-state index contributed by atoms with van der Waals surface area (Å²) in [6.45, 7) is -0.889. The molecule has 2 radical (unpaired) electrons. The van der Waals surface area contributed by atoms with E-state index in [0.717, 1.165) is 0 Å². The van der Waals surface area contributed by atoms with Gasteiger partial charge in [0.15, 0.2) is 0 Å². The Hall–Kier alpha value is -0.0852. The molecule has 0 aromatic carbocycles. The molecule has 0 spiro atoms. The van der Waals surface area contributed by atoms with Gasteiger partial charge in [-0.1, -0.05) is 0 Å². The van der Waals surface area contributed by atoms with E-state index in [9.17, 15) is 4.70 Å². The van der Waals surface area contributed by atoms with Crippen LogP contribution in [-0.4, -0.2) is 38.6 Å². The van der Waals surface area contributed by atoms with E-state index in [1.165, 1.54) is 7.05 Å². The third-order valence-corrected chi connectivity index (χ3v) is 0.571. The van der Waals surface area contributed by atoms with Crippen molar-refractivity contribution in [3.8, 4) is 0 Å². The number of nitrogens with zero attached hydrogens (tertiary/aromatic N) is 1. The Bertz CT molecular complexity index is 66.0. The fourth-order valence-electron chi connectivity index (χ4n) is 0.0881. The van der Waals surface area contributed by atoms with Crippen molar-refractivity contribution in [3.05, 3.63) is 0 Å². The molecule has 1 N–H and O–H groups in total. The molecule has 0 fully saturated rings. The third-order valence-electron chi connectivity index (χ3n) is 0.571. The molecule has 3 nitrogen and oxygen atoms in total. The Morgan fingerprint density at radius 1 is 2.00 bits per heavy atom. The molecule has 0 amide bonds. The third kappa shape index (κ3) is 2.59. The van der Waals surface area contributed by atoms with Crippen molar-refractivity contribution in [2.75, 3.05) is 7.05 Å². The molecule has 0 aliphatic rings. The Kier molecular flexibility index (Phi) is 2.95. The van der Waals surface area contributed by atoms with Gasteiger partial charge >= 0.3 is 43.3 Å². The van der Waals surface area contributed by atoms with Gasteiger partial charge in [0.25, 0.3) is 0 Å². The van der Waals surface area contributed by atoms with Crippen LogP contribution in [0.25, 0.3) is 0 Å². The molecule has 34 valence electrons. The van der Waals surface area contributed by atoms with Crippen LogP contribution in [0.2, 0.25) is 0 Å². The van der Waals surface area contributed by atoms with Gasteiger partial charge in [0, 0.05) is 0 Å². The minimum atomic E-state index is -0.889. The SMILES string of the molecule is [B]B(B=O)N(C)O. The van der Waals surface area contributed by atoms with E-state index in [-0.39, 0.29) is 0 Å². The summed E-state index contributed by atoms with van der Waals surface area (Å²) in [7, 11) is 6.67. The van der Waals surface area contributed by atoms with E-state index < -0.39 is 6.63 Å². The van der Waals surface area contributed by atoms with Crippen LogP contribution in [0.3, 0.4) is 0 Å². The first-order valence-electron chi connectivity index (χ1n) is 1.81. The van der Waals surface area contributed by atoms with Crippen molar-refractivity contribution in [2.45, 2.75) is 0 Å². The molecule has 0 aliphatic carbocycles. The normalized spacial score (nSPS) is 8.43. The monoisotopic (exact) mass is 95.1 g/mol. The van der Waals surface area contributed by atoms with Crippen LogP contribution in [0, 0.1) is 0 Å². The second-order valence-electron chi connectivity index (χ2n) is 1.20. The molecular formula is CH4B3NO2. The second-order valence-corrected chi connectivity index (χ2v) is 1.20. The van der Waals surface area contributed by atoms with Gasteiger partial charge in [0.1, 0.15) is 0 Å². The van der Waals surface area contributed by atoms with Crippen LogP contribution in [0.15, 0.2) is 0 Å². The van der Waals surface area contributed by atoms with Gasteiger partial charge < -0.3 is 0 Å². The van der Waals surface area contributed by atoms with Gasteiger partial charge in [-0.3, -0.25) is 0 Å². The van der Waals surface area contributed by atoms with Gasteiger partial charge in [-0.05, 0) is 0 Å². The van der Waals surface area contributed by atoms with Crippen LogP contribution in [0.4, 0.5) is 0 Å². The molecule has 7 heavy (non-hydrogen) atoms. The summed E-state index contributed by atoms with van der Waals surface area (Å²) in [5.74, 6) is 0. The minimum absolute atomic E-state index is 0.444. The van der Waals surface area contributed by atoms with Crippen molar-refractivity contribution in [2.24, 2.45) is 0 Å². The predicted molar refractivity (Wildman–Crippen MR) is 27.5 cm³/mol. The van der Waals surface area contributed by atoms with Crippen LogP contribution in [0.1, 0.15) is 0 Å². The molecule has 0 heterocycles. The molecule has 0 atom stereocenters. The topological polar surface area (TPSA) is 40.5 Å². The number of hydroxylamine groups is 1. The van der Waals surface area contributed by atoms with Crippen LogP contribution in [0.5, 0.6) is 0 Å². The van der Waals surface area contributed by atoms with E-state index in [2.05, 4.69) is 0 Å². The molecule has 0 aliphatic heterocycles. The molecule has 0 unspecified atom stereocenters. The second kappa shape index (κ2) is 2.99. The number of rotatable bonds is 2. The quantitative estimate of drug-likeness (QED) is 0.335.